The zero-order chi connectivity index (χ0) is 17.0. The monoisotopic (exact) mass is 362 g/mol. The van der Waals surface area contributed by atoms with Gasteiger partial charge in [-0.2, -0.15) is 0 Å². The first kappa shape index (κ1) is 14.8. The van der Waals surface area contributed by atoms with Crippen molar-refractivity contribution in [2.45, 2.75) is 0 Å². The highest BCUT2D eigenvalue weighted by molar-refractivity contribution is 6.31. The van der Waals surface area contributed by atoms with Gasteiger partial charge < -0.3 is 0 Å². The molecule has 2 aromatic heterocycles. The maximum atomic E-state index is 6.24. The van der Waals surface area contributed by atoms with Crippen LogP contribution in [-0.4, -0.2) is 9.38 Å². The lowest BCUT2D eigenvalue weighted by molar-refractivity contribution is 1.17. The third-order valence-corrected chi connectivity index (χ3v) is 4.97. The molecule has 120 valence electrons. The maximum absolute atomic E-state index is 6.24. The fourth-order valence-electron chi connectivity index (χ4n) is 3.35. The summed E-state index contributed by atoms with van der Waals surface area (Å²) in [6.45, 7) is 0. The summed E-state index contributed by atoms with van der Waals surface area (Å²) in [5, 5.41) is 3.64. The molecule has 25 heavy (non-hydrogen) atoms. The molecule has 3 aromatic carbocycles. The van der Waals surface area contributed by atoms with Crippen LogP contribution < -0.4 is 0 Å². The van der Waals surface area contributed by atoms with Gasteiger partial charge in [0.1, 0.15) is 5.82 Å². The van der Waals surface area contributed by atoms with Crippen LogP contribution in [-0.2, 0) is 0 Å². The lowest BCUT2D eigenvalue weighted by Gasteiger charge is -2.10. The van der Waals surface area contributed by atoms with Gasteiger partial charge in [0.05, 0.1) is 16.6 Å². The standard InChI is InChI=1S/C21H12Cl2N2/c22-15-7-5-13(6-8-15)21-24-18-10-9-16(23)12-17(18)20-11-14-3-1-2-4-19(14)25(20)21/h1-12H. The van der Waals surface area contributed by atoms with E-state index in [0.29, 0.717) is 10.0 Å². The number of para-hydroxylation sites is 1. The molecule has 4 heteroatoms. The second-order valence-corrected chi connectivity index (χ2v) is 6.90. The van der Waals surface area contributed by atoms with Gasteiger partial charge in [-0.1, -0.05) is 41.4 Å². The van der Waals surface area contributed by atoms with Crippen molar-refractivity contribution < 1.29 is 0 Å². The highest BCUT2D eigenvalue weighted by atomic mass is 35.5. The lowest BCUT2D eigenvalue weighted by Crippen LogP contribution is -1.97. The van der Waals surface area contributed by atoms with Crippen molar-refractivity contribution in [3.05, 3.63) is 82.8 Å². The van der Waals surface area contributed by atoms with Crippen LogP contribution in [0.1, 0.15) is 0 Å². The highest BCUT2D eigenvalue weighted by Crippen LogP contribution is 2.32. The molecule has 5 rings (SSSR count). The molecule has 0 bridgehead atoms. The van der Waals surface area contributed by atoms with E-state index >= 15 is 0 Å². The van der Waals surface area contributed by atoms with Crippen LogP contribution in [0, 0.1) is 0 Å². The van der Waals surface area contributed by atoms with E-state index in [4.69, 9.17) is 28.2 Å². The Kier molecular flexibility index (Phi) is 3.24. The third-order valence-electron chi connectivity index (χ3n) is 4.49. The van der Waals surface area contributed by atoms with Gasteiger partial charge in [-0.25, -0.2) is 4.98 Å². The Bertz CT molecular complexity index is 1250. The molecule has 0 aliphatic carbocycles. The Morgan fingerprint density at radius 3 is 2.32 bits per heavy atom. The van der Waals surface area contributed by atoms with Gasteiger partial charge in [0.15, 0.2) is 0 Å². The van der Waals surface area contributed by atoms with Crippen molar-refractivity contribution in [3.63, 3.8) is 0 Å². The number of hydrogen-bond acceptors (Lipinski definition) is 1. The fourth-order valence-corrected chi connectivity index (χ4v) is 3.65. The molecule has 0 fully saturated rings. The minimum atomic E-state index is 0.709. The molecule has 0 saturated carbocycles. The largest absolute Gasteiger partial charge is 0.293 e. The first-order chi connectivity index (χ1) is 12.2. The molecule has 2 nitrogen and oxygen atoms in total. The molecular formula is C21H12Cl2N2. The number of rotatable bonds is 1. The number of benzene rings is 3. The summed E-state index contributed by atoms with van der Waals surface area (Å²) in [5.41, 5.74) is 4.16. The van der Waals surface area contributed by atoms with E-state index in [2.05, 4.69) is 22.6 Å². The van der Waals surface area contributed by atoms with Crippen molar-refractivity contribution in [1.82, 2.24) is 9.38 Å². The summed E-state index contributed by atoms with van der Waals surface area (Å²) in [6, 6.07) is 24.1. The SMILES string of the molecule is Clc1ccc(-c2nc3ccc(Cl)cc3c3cc4ccccc4n23)cc1. The average molecular weight is 363 g/mol. The number of fused-ring (bicyclic) bond motifs is 5. The Morgan fingerprint density at radius 1 is 0.720 bits per heavy atom. The van der Waals surface area contributed by atoms with Gasteiger partial charge in [0.2, 0.25) is 0 Å². The zero-order valence-electron chi connectivity index (χ0n) is 13.1. The Morgan fingerprint density at radius 2 is 1.48 bits per heavy atom. The van der Waals surface area contributed by atoms with Gasteiger partial charge in [-0.3, -0.25) is 4.40 Å². The number of halogens is 2. The summed E-state index contributed by atoms with van der Waals surface area (Å²) in [7, 11) is 0. The molecule has 0 atom stereocenters. The van der Waals surface area contributed by atoms with Crippen molar-refractivity contribution >= 4 is 50.5 Å². The minimum Gasteiger partial charge on any atom is -0.293 e. The van der Waals surface area contributed by atoms with E-state index in [1.807, 2.05) is 54.6 Å². The van der Waals surface area contributed by atoms with Crippen LogP contribution in [0.4, 0.5) is 0 Å². The molecule has 5 aromatic rings. The molecule has 0 aliphatic rings. The molecular weight excluding hydrogens is 351 g/mol. The van der Waals surface area contributed by atoms with Crippen molar-refractivity contribution in [2.24, 2.45) is 0 Å². The molecule has 0 N–H and O–H groups in total. The van der Waals surface area contributed by atoms with E-state index < -0.39 is 0 Å². The lowest BCUT2D eigenvalue weighted by atomic mass is 10.1. The molecule has 2 heterocycles. The number of hydrogen-bond donors (Lipinski definition) is 0. The Hall–Kier alpha value is -2.55. The third kappa shape index (κ3) is 2.30. The zero-order valence-corrected chi connectivity index (χ0v) is 14.6. The quantitative estimate of drug-likeness (QED) is 0.327. The van der Waals surface area contributed by atoms with Crippen molar-refractivity contribution in [3.8, 4) is 11.4 Å². The van der Waals surface area contributed by atoms with E-state index in [1.165, 1.54) is 5.39 Å². The van der Waals surface area contributed by atoms with E-state index in [9.17, 15) is 0 Å². The van der Waals surface area contributed by atoms with Crippen LogP contribution in [0.15, 0.2) is 72.8 Å². The predicted octanol–water partition coefficient (Wildman–Crippen LogP) is 6.61. The summed E-state index contributed by atoms with van der Waals surface area (Å²) < 4.78 is 2.19. The number of aromatic nitrogens is 2. The second-order valence-electron chi connectivity index (χ2n) is 6.03. The molecule has 0 amide bonds. The van der Waals surface area contributed by atoms with E-state index in [0.717, 1.165) is 33.3 Å². The molecule has 0 aliphatic heterocycles. The molecule has 0 spiro atoms. The van der Waals surface area contributed by atoms with Gasteiger partial charge in [0, 0.05) is 26.4 Å². The topological polar surface area (TPSA) is 17.3 Å². The van der Waals surface area contributed by atoms with Crippen molar-refractivity contribution in [1.29, 1.82) is 0 Å². The summed E-state index contributed by atoms with van der Waals surface area (Å²) >= 11 is 12.3. The smallest absolute Gasteiger partial charge is 0.145 e. The summed E-state index contributed by atoms with van der Waals surface area (Å²) in [5.74, 6) is 0.891. The van der Waals surface area contributed by atoms with Crippen LogP contribution in [0.25, 0.3) is 38.7 Å². The molecule has 0 unspecified atom stereocenters. The van der Waals surface area contributed by atoms with Crippen LogP contribution >= 0.6 is 23.2 Å². The van der Waals surface area contributed by atoms with Gasteiger partial charge in [0.25, 0.3) is 0 Å². The Balaban J connectivity index is 2.01. The van der Waals surface area contributed by atoms with Gasteiger partial charge in [-0.15, -0.1) is 0 Å². The van der Waals surface area contributed by atoms with Gasteiger partial charge >= 0.3 is 0 Å². The van der Waals surface area contributed by atoms with E-state index in [1.54, 1.807) is 0 Å². The minimum absolute atomic E-state index is 0.709. The van der Waals surface area contributed by atoms with Gasteiger partial charge in [-0.05, 0) is 54.6 Å². The van der Waals surface area contributed by atoms with Crippen LogP contribution in [0.2, 0.25) is 10.0 Å². The summed E-state index contributed by atoms with van der Waals surface area (Å²) in [6.07, 6.45) is 0. The molecule has 0 radical (unpaired) electrons. The first-order valence-corrected chi connectivity index (χ1v) is 8.72. The van der Waals surface area contributed by atoms with E-state index in [-0.39, 0.29) is 0 Å². The average Bonchev–Trinajstić information content (AvgIpc) is 3.02. The van der Waals surface area contributed by atoms with Crippen molar-refractivity contribution in [2.75, 3.05) is 0 Å². The van der Waals surface area contributed by atoms with Crippen LogP contribution in [0.5, 0.6) is 0 Å². The first-order valence-electron chi connectivity index (χ1n) is 7.96. The maximum Gasteiger partial charge on any atom is 0.145 e. The molecule has 0 saturated heterocycles. The Labute approximate surface area is 154 Å². The number of nitrogens with zero attached hydrogens (tertiary/aromatic N) is 2. The highest BCUT2D eigenvalue weighted by Gasteiger charge is 2.14. The normalized spacial score (nSPS) is 11.6. The predicted molar refractivity (Wildman–Crippen MR) is 106 cm³/mol. The second kappa shape index (κ2) is 5.48. The van der Waals surface area contributed by atoms with Crippen LogP contribution in [0.3, 0.4) is 0 Å². The fraction of sp³-hybridized carbons (Fsp3) is 0. The summed E-state index contributed by atoms with van der Waals surface area (Å²) in [4.78, 5) is 4.93.